The molecule has 1 heterocycles. The van der Waals surface area contributed by atoms with Gasteiger partial charge in [0.15, 0.2) is 0 Å². The Labute approximate surface area is 91.5 Å². The molecule has 16 heavy (non-hydrogen) atoms. The number of hydrogen-bond donors (Lipinski definition) is 2. The topological polar surface area (TPSA) is 57.8 Å². The number of hydrogen-bond acceptors (Lipinski definition) is 2. The molecule has 0 aliphatic rings. The van der Waals surface area contributed by atoms with E-state index in [1.165, 1.54) is 18.5 Å². The molecule has 0 aliphatic carbocycles. The fourth-order valence-corrected chi connectivity index (χ4v) is 1.30. The molecule has 5 heteroatoms. The van der Waals surface area contributed by atoms with Gasteiger partial charge in [0.2, 0.25) is 0 Å². The molecule has 0 unspecified atom stereocenters. The summed E-state index contributed by atoms with van der Waals surface area (Å²) in [5, 5.41) is 8.64. The van der Waals surface area contributed by atoms with Crippen LogP contribution in [0.25, 0.3) is 0 Å². The molecular weight excluding hydrogens is 209 g/mol. The third kappa shape index (κ3) is 2.08. The van der Waals surface area contributed by atoms with Gasteiger partial charge in [-0.15, -0.1) is 0 Å². The first-order chi connectivity index (χ1) is 7.66. The molecule has 1 aromatic heterocycles. The number of aromatic nitrogens is 2. The fraction of sp³-hybridized carbons (Fsp3) is 0.0909. The van der Waals surface area contributed by atoms with E-state index < -0.39 is 11.7 Å². The van der Waals surface area contributed by atoms with Gasteiger partial charge in [0.1, 0.15) is 5.82 Å². The van der Waals surface area contributed by atoms with Crippen LogP contribution in [0.4, 0.5) is 10.1 Å². The Bertz CT molecular complexity index is 508. The summed E-state index contributed by atoms with van der Waals surface area (Å²) in [6, 6.07) is 4.54. The molecule has 0 saturated carbocycles. The Morgan fingerprint density at radius 3 is 3.00 bits per heavy atom. The number of carbonyl (C=O) groups excluding carboxylic acids is 1. The number of nitrogens with zero attached hydrogens (tertiary/aromatic N) is 1. The van der Waals surface area contributed by atoms with Crippen molar-refractivity contribution in [3.8, 4) is 0 Å². The molecule has 0 atom stereocenters. The third-order valence-electron chi connectivity index (χ3n) is 2.13. The Morgan fingerprint density at radius 2 is 2.31 bits per heavy atom. The summed E-state index contributed by atoms with van der Waals surface area (Å²) >= 11 is 0. The summed E-state index contributed by atoms with van der Waals surface area (Å²) in [6.07, 6.45) is 2.83. The SMILES string of the molecule is Cc1ccc(F)c(NC(=O)c2cn[nH]c2)c1. The van der Waals surface area contributed by atoms with Gasteiger partial charge in [0.25, 0.3) is 5.91 Å². The first-order valence-corrected chi connectivity index (χ1v) is 4.73. The first-order valence-electron chi connectivity index (χ1n) is 4.73. The maximum Gasteiger partial charge on any atom is 0.258 e. The van der Waals surface area contributed by atoms with E-state index in [0.717, 1.165) is 5.56 Å². The van der Waals surface area contributed by atoms with Crippen LogP contribution in [0.15, 0.2) is 30.6 Å². The second-order valence-corrected chi connectivity index (χ2v) is 3.42. The highest BCUT2D eigenvalue weighted by molar-refractivity contribution is 6.03. The predicted octanol–water partition coefficient (Wildman–Crippen LogP) is 2.11. The van der Waals surface area contributed by atoms with Crippen LogP contribution in [-0.2, 0) is 0 Å². The van der Waals surface area contributed by atoms with E-state index in [1.807, 2.05) is 6.92 Å². The lowest BCUT2D eigenvalue weighted by Gasteiger charge is -2.05. The minimum atomic E-state index is -0.456. The van der Waals surface area contributed by atoms with Crippen LogP contribution < -0.4 is 5.32 Å². The van der Waals surface area contributed by atoms with Gasteiger partial charge in [0, 0.05) is 6.20 Å². The summed E-state index contributed by atoms with van der Waals surface area (Å²) in [5.41, 5.74) is 1.41. The average molecular weight is 219 g/mol. The molecular formula is C11H10FN3O. The van der Waals surface area contributed by atoms with Gasteiger partial charge in [0.05, 0.1) is 17.4 Å². The number of benzene rings is 1. The molecule has 2 aromatic rings. The number of rotatable bonds is 2. The van der Waals surface area contributed by atoms with Gasteiger partial charge in [-0.25, -0.2) is 4.39 Å². The van der Waals surface area contributed by atoms with Crippen molar-refractivity contribution in [1.29, 1.82) is 0 Å². The standard InChI is InChI=1S/C11H10FN3O/c1-7-2-3-9(12)10(4-7)15-11(16)8-5-13-14-6-8/h2-6H,1H3,(H,13,14)(H,15,16). The molecule has 82 valence electrons. The molecule has 0 radical (unpaired) electrons. The normalized spacial score (nSPS) is 10.1. The largest absolute Gasteiger partial charge is 0.319 e. The highest BCUT2D eigenvalue weighted by atomic mass is 19.1. The summed E-state index contributed by atoms with van der Waals surface area (Å²) in [4.78, 5) is 11.6. The summed E-state index contributed by atoms with van der Waals surface area (Å²) < 4.78 is 13.3. The van der Waals surface area contributed by atoms with E-state index in [1.54, 1.807) is 12.1 Å². The van der Waals surface area contributed by atoms with Gasteiger partial charge in [-0.05, 0) is 24.6 Å². The summed E-state index contributed by atoms with van der Waals surface area (Å²) in [6.45, 7) is 1.83. The number of H-pyrrole nitrogens is 1. The predicted molar refractivity (Wildman–Crippen MR) is 57.7 cm³/mol. The van der Waals surface area contributed by atoms with Gasteiger partial charge < -0.3 is 5.32 Å². The zero-order valence-corrected chi connectivity index (χ0v) is 8.62. The van der Waals surface area contributed by atoms with Gasteiger partial charge in [-0.1, -0.05) is 6.07 Å². The highest BCUT2D eigenvalue weighted by Crippen LogP contribution is 2.16. The molecule has 2 rings (SSSR count). The molecule has 0 spiro atoms. The second kappa shape index (κ2) is 4.14. The van der Waals surface area contributed by atoms with Crippen LogP contribution in [-0.4, -0.2) is 16.1 Å². The van der Waals surface area contributed by atoms with Crippen LogP contribution in [0.1, 0.15) is 15.9 Å². The van der Waals surface area contributed by atoms with Crippen LogP contribution in [0.3, 0.4) is 0 Å². The smallest absolute Gasteiger partial charge is 0.258 e. The monoisotopic (exact) mass is 219 g/mol. The third-order valence-corrected chi connectivity index (χ3v) is 2.13. The van der Waals surface area contributed by atoms with E-state index in [-0.39, 0.29) is 5.69 Å². The van der Waals surface area contributed by atoms with Crippen LogP contribution in [0.2, 0.25) is 0 Å². The molecule has 0 saturated heterocycles. The molecule has 1 amide bonds. The summed E-state index contributed by atoms with van der Waals surface area (Å²) in [5.74, 6) is -0.847. The van der Waals surface area contributed by atoms with E-state index in [2.05, 4.69) is 15.5 Å². The average Bonchev–Trinajstić information content (AvgIpc) is 2.76. The minimum absolute atomic E-state index is 0.172. The highest BCUT2D eigenvalue weighted by Gasteiger charge is 2.09. The minimum Gasteiger partial charge on any atom is -0.319 e. The quantitative estimate of drug-likeness (QED) is 0.812. The summed E-state index contributed by atoms with van der Waals surface area (Å²) in [7, 11) is 0. The van der Waals surface area contributed by atoms with Crippen LogP contribution in [0, 0.1) is 12.7 Å². The lowest BCUT2D eigenvalue weighted by atomic mass is 10.2. The number of halogens is 1. The van der Waals surface area contributed by atoms with Gasteiger partial charge >= 0.3 is 0 Å². The zero-order valence-electron chi connectivity index (χ0n) is 8.62. The van der Waals surface area contributed by atoms with Crippen molar-refractivity contribution in [1.82, 2.24) is 10.2 Å². The van der Waals surface area contributed by atoms with Crippen molar-refractivity contribution >= 4 is 11.6 Å². The number of carbonyl (C=O) groups is 1. The van der Waals surface area contributed by atoms with Crippen molar-refractivity contribution < 1.29 is 9.18 Å². The number of nitrogens with one attached hydrogen (secondary N) is 2. The Hall–Kier alpha value is -2.17. The zero-order chi connectivity index (χ0) is 11.5. The van der Waals surface area contributed by atoms with E-state index in [0.29, 0.717) is 5.56 Å². The lowest BCUT2D eigenvalue weighted by molar-refractivity contribution is 0.102. The second-order valence-electron chi connectivity index (χ2n) is 3.42. The molecule has 0 fully saturated rings. The van der Waals surface area contributed by atoms with Gasteiger partial charge in [-0.2, -0.15) is 5.10 Å². The fourth-order valence-electron chi connectivity index (χ4n) is 1.30. The molecule has 0 aliphatic heterocycles. The van der Waals surface area contributed by atoms with E-state index >= 15 is 0 Å². The first kappa shape index (κ1) is 10.4. The maximum atomic E-state index is 13.3. The van der Waals surface area contributed by atoms with Crippen molar-refractivity contribution in [2.45, 2.75) is 6.92 Å². The van der Waals surface area contributed by atoms with Crippen molar-refractivity contribution in [2.24, 2.45) is 0 Å². The van der Waals surface area contributed by atoms with Crippen molar-refractivity contribution in [3.63, 3.8) is 0 Å². The molecule has 0 bridgehead atoms. The van der Waals surface area contributed by atoms with Crippen LogP contribution >= 0.6 is 0 Å². The molecule has 1 aromatic carbocycles. The molecule has 2 N–H and O–H groups in total. The number of aryl methyl sites for hydroxylation is 1. The lowest BCUT2D eigenvalue weighted by Crippen LogP contribution is -2.12. The van der Waals surface area contributed by atoms with E-state index in [4.69, 9.17) is 0 Å². The van der Waals surface area contributed by atoms with Gasteiger partial charge in [-0.3, -0.25) is 9.89 Å². The Balaban J connectivity index is 2.21. The number of anilines is 1. The number of amides is 1. The Kier molecular flexibility index (Phi) is 2.68. The van der Waals surface area contributed by atoms with Crippen molar-refractivity contribution in [3.05, 3.63) is 47.5 Å². The number of aromatic amines is 1. The molecule has 4 nitrogen and oxygen atoms in total. The van der Waals surface area contributed by atoms with Crippen LogP contribution in [0.5, 0.6) is 0 Å². The van der Waals surface area contributed by atoms with E-state index in [9.17, 15) is 9.18 Å². The Morgan fingerprint density at radius 1 is 1.50 bits per heavy atom. The van der Waals surface area contributed by atoms with Crippen molar-refractivity contribution in [2.75, 3.05) is 5.32 Å². The maximum absolute atomic E-state index is 13.3.